The number of aryl methyl sites for hydroxylation is 1. The predicted octanol–water partition coefficient (Wildman–Crippen LogP) is 1.47. The van der Waals surface area contributed by atoms with E-state index in [-0.39, 0.29) is 17.5 Å². The van der Waals surface area contributed by atoms with Crippen LogP contribution in [0.2, 0.25) is 5.15 Å². The van der Waals surface area contributed by atoms with E-state index in [2.05, 4.69) is 24.3 Å². The highest BCUT2D eigenvalue weighted by Crippen LogP contribution is 2.25. The van der Waals surface area contributed by atoms with Gasteiger partial charge in [0.05, 0.1) is 17.2 Å². The van der Waals surface area contributed by atoms with Crippen molar-refractivity contribution in [1.29, 1.82) is 0 Å². The molecule has 0 aromatic carbocycles. The van der Waals surface area contributed by atoms with Gasteiger partial charge in [-0.3, -0.25) is 4.68 Å². The maximum absolute atomic E-state index is 11.4. The van der Waals surface area contributed by atoms with Crippen molar-refractivity contribution in [2.75, 3.05) is 11.5 Å². The zero-order valence-electron chi connectivity index (χ0n) is 11.5. The van der Waals surface area contributed by atoms with E-state index >= 15 is 0 Å². The minimum Gasteiger partial charge on any atom is -0.309 e. The molecule has 1 saturated heterocycles. The van der Waals surface area contributed by atoms with Crippen LogP contribution in [0.3, 0.4) is 0 Å². The first-order chi connectivity index (χ1) is 8.80. The highest BCUT2D eigenvalue weighted by Gasteiger charge is 2.28. The molecule has 0 aliphatic carbocycles. The van der Waals surface area contributed by atoms with Gasteiger partial charge in [-0.05, 0) is 12.3 Å². The summed E-state index contributed by atoms with van der Waals surface area (Å²) in [5.41, 5.74) is 1.95. The molecule has 2 rings (SSSR count). The van der Waals surface area contributed by atoms with Crippen LogP contribution in [0.4, 0.5) is 0 Å². The molecule has 108 valence electrons. The van der Waals surface area contributed by atoms with Crippen molar-refractivity contribution in [3.8, 4) is 0 Å². The second-order valence-electron chi connectivity index (χ2n) is 5.41. The number of hydrogen-bond donors (Lipinski definition) is 1. The van der Waals surface area contributed by atoms with Gasteiger partial charge in [-0.2, -0.15) is 5.10 Å². The number of rotatable bonds is 4. The summed E-state index contributed by atoms with van der Waals surface area (Å²) in [6.45, 7) is 4.71. The molecule has 0 amide bonds. The lowest BCUT2D eigenvalue weighted by molar-refractivity contribution is 0.551. The molecule has 19 heavy (non-hydrogen) atoms. The van der Waals surface area contributed by atoms with Crippen LogP contribution in [-0.4, -0.2) is 35.7 Å². The van der Waals surface area contributed by atoms with Crippen molar-refractivity contribution in [2.45, 2.75) is 38.8 Å². The average Bonchev–Trinajstić information content (AvgIpc) is 2.79. The second-order valence-corrected chi connectivity index (χ2v) is 8.00. The maximum Gasteiger partial charge on any atom is 0.151 e. The molecule has 0 radical (unpaired) electrons. The molecule has 1 N–H and O–H groups in total. The van der Waals surface area contributed by atoms with Crippen molar-refractivity contribution >= 4 is 21.4 Å². The molecule has 1 aliphatic rings. The summed E-state index contributed by atoms with van der Waals surface area (Å²) >= 11 is 6.24. The summed E-state index contributed by atoms with van der Waals surface area (Å²) in [7, 11) is -1.03. The molecule has 1 aromatic heterocycles. The van der Waals surface area contributed by atoms with E-state index in [0.717, 1.165) is 11.3 Å². The van der Waals surface area contributed by atoms with Crippen LogP contribution in [0.15, 0.2) is 0 Å². The Morgan fingerprint density at radius 1 is 1.53 bits per heavy atom. The van der Waals surface area contributed by atoms with E-state index in [1.54, 1.807) is 4.68 Å². The van der Waals surface area contributed by atoms with E-state index in [1.807, 2.05) is 7.05 Å². The van der Waals surface area contributed by atoms with Crippen LogP contribution >= 0.6 is 11.6 Å². The SMILES string of the molecule is CC(C)c1nn(C)c(Cl)c1CNC1CCS(=O)(=O)C1. The van der Waals surface area contributed by atoms with E-state index < -0.39 is 9.84 Å². The lowest BCUT2D eigenvalue weighted by Gasteiger charge is -2.12. The molecule has 7 heteroatoms. The van der Waals surface area contributed by atoms with Gasteiger partial charge in [0.1, 0.15) is 5.15 Å². The third-order valence-electron chi connectivity index (χ3n) is 3.45. The lowest BCUT2D eigenvalue weighted by Crippen LogP contribution is -2.29. The number of nitrogens with zero attached hydrogens (tertiary/aromatic N) is 2. The molecule has 2 heterocycles. The van der Waals surface area contributed by atoms with Crippen LogP contribution in [0.1, 0.15) is 37.4 Å². The minimum absolute atomic E-state index is 0.0290. The van der Waals surface area contributed by atoms with Crippen LogP contribution in [0.5, 0.6) is 0 Å². The Morgan fingerprint density at radius 3 is 2.74 bits per heavy atom. The van der Waals surface area contributed by atoms with Crippen molar-refractivity contribution in [3.63, 3.8) is 0 Å². The summed E-state index contributed by atoms with van der Waals surface area (Å²) in [6, 6.07) is 0.0290. The van der Waals surface area contributed by atoms with Crippen LogP contribution in [0.25, 0.3) is 0 Å². The molecule has 0 saturated carbocycles. The fraction of sp³-hybridized carbons (Fsp3) is 0.750. The normalized spacial score (nSPS) is 22.3. The molecule has 1 unspecified atom stereocenters. The molecular weight excluding hydrogens is 286 g/mol. The Balaban J connectivity index is 2.08. The smallest absolute Gasteiger partial charge is 0.151 e. The number of sulfone groups is 1. The van der Waals surface area contributed by atoms with Crippen molar-refractivity contribution in [1.82, 2.24) is 15.1 Å². The summed E-state index contributed by atoms with van der Waals surface area (Å²) in [5, 5.41) is 8.32. The van der Waals surface area contributed by atoms with Gasteiger partial charge in [0.25, 0.3) is 0 Å². The first kappa shape index (κ1) is 14.8. The summed E-state index contributed by atoms with van der Waals surface area (Å²) in [4.78, 5) is 0. The van der Waals surface area contributed by atoms with Crippen molar-refractivity contribution in [3.05, 3.63) is 16.4 Å². The molecule has 1 aromatic rings. The zero-order valence-corrected chi connectivity index (χ0v) is 13.1. The molecule has 1 fully saturated rings. The van der Waals surface area contributed by atoms with Crippen molar-refractivity contribution in [2.24, 2.45) is 7.05 Å². The molecular formula is C12H20ClN3O2S. The standard InChI is InChI=1S/C12H20ClN3O2S/c1-8(2)11-10(12(13)16(3)15-11)6-14-9-4-5-19(17,18)7-9/h8-9,14H,4-7H2,1-3H3. The van der Waals surface area contributed by atoms with Gasteiger partial charge in [-0.25, -0.2) is 8.42 Å². The van der Waals surface area contributed by atoms with Gasteiger partial charge in [0.2, 0.25) is 0 Å². The molecule has 5 nitrogen and oxygen atoms in total. The Bertz CT molecular complexity index is 566. The van der Waals surface area contributed by atoms with Crippen LogP contribution in [0, 0.1) is 0 Å². The van der Waals surface area contributed by atoms with E-state index in [9.17, 15) is 8.42 Å². The topological polar surface area (TPSA) is 64.0 Å². The largest absolute Gasteiger partial charge is 0.309 e. The highest BCUT2D eigenvalue weighted by atomic mass is 35.5. The van der Waals surface area contributed by atoms with Gasteiger partial charge in [0.15, 0.2) is 9.84 Å². The van der Waals surface area contributed by atoms with Crippen LogP contribution < -0.4 is 5.32 Å². The molecule has 1 aliphatic heterocycles. The maximum atomic E-state index is 11.4. The van der Waals surface area contributed by atoms with Crippen LogP contribution in [-0.2, 0) is 23.4 Å². The quantitative estimate of drug-likeness (QED) is 0.915. The highest BCUT2D eigenvalue weighted by molar-refractivity contribution is 7.91. The zero-order chi connectivity index (χ0) is 14.2. The predicted molar refractivity (Wildman–Crippen MR) is 76.2 cm³/mol. The lowest BCUT2D eigenvalue weighted by atomic mass is 10.1. The van der Waals surface area contributed by atoms with E-state index in [0.29, 0.717) is 24.0 Å². The van der Waals surface area contributed by atoms with Gasteiger partial charge in [-0.15, -0.1) is 0 Å². The first-order valence-corrected chi connectivity index (χ1v) is 8.65. The first-order valence-electron chi connectivity index (χ1n) is 6.45. The summed E-state index contributed by atoms with van der Waals surface area (Å²) in [6.07, 6.45) is 0.678. The number of aromatic nitrogens is 2. The van der Waals surface area contributed by atoms with Gasteiger partial charge in [-0.1, -0.05) is 25.4 Å². The average molecular weight is 306 g/mol. The second kappa shape index (κ2) is 5.42. The molecule has 0 bridgehead atoms. The van der Waals surface area contributed by atoms with Crippen molar-refractivity contribution < 1.29 is 8.42 Å². The van der Waals surface area contributed by atoms with Gasteiger partial charge < -0.3 is 5.32 Å². The Hall–Kier alpha value is -0.590. The van der Waals surface area contributed by atoms with Gasteiger partial charge in [0, 0.05) is 25.2 Å². The number of nitrogens with one attached hydrogen (secondary N) is 1. The Kier molecular flexibility index (Phi) is 4.23. The van der Waals surface area contributed by atoms with Gasteiger partial charge >= 0.3 is 0 Å². The number of halogens is 1. The van der Waals surface area contributed by atoms with E-state index in [1.165, 1.54) is 0 Å². The number of hydrogen-bond acceptors (Lipinski definition) is 4. The Morgan fingerprint density at radius 2 is 2.21 bits per heavy atom. The third kappa shape index (κ3) is 3.30. The fourth-order valence-corrected chi connectivity index (χ4v) is 4.31. The molecule has 0 spiro atoms. The monoisotopic (exact) mass is 305 g/mol. The van der Waals surface area contributed by atoms with E-state index in [4.69, 9.17) is 11.6 Å². The summed E-state index contributed by atoms with van der Waals surface area (Å²) < 4.78 is 24.5. The fourth-order valence-electron chi connectivity index (χ4n) is 2.40. The molecule has 1 atom stereocenters. The Labute approximate surface area is 119 Å². The third-order valence-corrected chi connectivity index (χ3v) is 5.69. The minimum atomic E-state index is -2.85. The summed E-state index contributed by atoms with van der Waals surface area (Å²) in [5.74, 6) is 0.799.